The Morgan fingerprint density at radius 3 is 1.68 bits per heavy atom. The highest BCUT2D eigenvalue weighted by Gasteiger charge is 2.17. The molecule has 0 unspecified atom stereocenters. The Morgan fingerprint density at radius 1 is 0.540 bits per heavy atom. The van der Waals surface area contributed by atoms with Crippen LogP contribution in [0.5, 0.6) is 11.5 Å². The Labute approximate surface area is 300 Å². The van der Waals surface area contributed by atoms with Crippen molar-refractivity contribution in [2.45, 2.75) is 52.4 Å². The number of benzene rings is 5. The van der Waals surface area contributed by atoms with Crippen LogP contribution in [-0.4, -0.2) is 4.98 Å². The van der Waals surface area contributed by atoms with E-state index in [1.807, 2.05) is 30.3 Å². The van der Waals surface area contributed by atoms with Crippen molar-refractivity contribution < 1.29 is 4.74 Å². The minimum absolute atomic E-state index is 0.0851. The highest BCUT2D eigenvalue weighted by Crippen LogP contribution is 2.40. The fourth-order valence-corrected chi connectivity index (χ4v) is 7.31. The maximum Gasteiger partial charge on any atom is 0.128 e. The first-order valence-corrected chi connectivity index (χ1v) is 17.9. The number of rotatable bonds is 6. The summed E-state index contributed by atoms with van der Waals surface area (Å²) in [7, 11) is 0. The van der Waals surface area contributed by atoms with Crippen LogP contribution in [-0.2, 0) is 10.8 Å². The van der Waals surface area contributed by atoms with Crippen molar-refractivity contribution in [3.63, 3.8) is 0 Å². The first-order chi connectivity index (χ1) is 24.0. The summed E-state index contributed by atoms with van der Waals surface area (Å²) in [6, 6.07) is 46.8. The highest BCUT2D eigenvalue weighted by atomic mass is 32.1. The van der Waals surface area contributed by atoms with Crippen LogP contribution in [0.4, 0.5) is 0 Å². The molecule has 0 spiro atoms. The van der Waals surface area contributed by atoms with Crippen molar-refractivity contribution >= 4 is 21.4 Å². The molecule has 0 saturated carbocycles. The van der Waals surface area contributed by atoms with E-state index in [1.54, 1.807) is 11.3 Å². The topological polar surface area (TPSA) is 22.1 Å². The van der Waals surface area contributed by atoms with Crippen molar-refractivity contribution in [2.75, 3.05) is 0 Å². The van der Waals surface area contributed by atoms with Gasteiger partial charge in [-0.25, -0.2) is 4.98 Å². The molecule has 0 radical (unpaired) electrons. The van der Waals surface area contributed by atoms with Crippen LogP contribution >= 0.6 is 11.3 Å². The van der Waals surface area contributed by atoms with Crippen LogP contribution in [0.3, 0.4) is 0 Å². The normalized spacial score (nSPS) is 11.8. The molecule has 0 aliphatic rings. The van der Waals surface area contributed by atoms with Crippen LogP contribution < -0.4 is 4.74 Å². The molecule has 0 atom stereocenters. The van der Waals surface area contributed by atoms with Gasteiger partial charge in [0, 0.05) is 26.8 Å². The van der Waals surface area contributed by atoms with E-state index in [0.29, 0.717) is 0 Å². The van der Waals surface area contributed by atoms with Crippen LogP contribution in [0.2, 0.25) is 0 Å². The summed E-state index contributed by atoms with van der Waals surface area (Å²) in [4.78, 5) is 6.11. The minimum Gasteiger partial charge on any atom is -0.457 e. The van der Waals surface area contributed by atoms with E-state index in [1.165, 1.54) is 21.4 Å². The average molecular weight is 668 g/mol. The summed E-state index contributed by atoms with van der Waals surface area (Å²) in [5, 5.41) is 1.16. The minimum atomic E-state index is 0.0851. The fraction of sp³-hybridized carbons (Fsp3) is 0.170. The summed E-state index contributed by atoms with van der Waals surface area (Å²) in [5.74, 6) is 4.40. The molecule has 0 N–H and O–H groups in total. The Hall–Kier alpha value is -5.43. The molecule has 0 amide bonds. The summed E-state index contributed by atoms with van der Waals surface area (Å²) in [6.07, 6.45) is 5.93. The maximum atomic E-state index is 6.39. The number of thiophene rings is 1. The van der Waals surface area contributed by atoms with Gasteiger partial charge >= 0.3 is 0 Å². The SMILES string of the molecule is C#Cc1sc2ccccc2c1-c1cccc(Oc2ccc(-c3cc(-c4ccc(C(C)(C)C)cc4)cc(-c4ccc(C(C)(C)C)cc4)n3)cc2)c1. The van der Waals surface area contributed by atoms with Crippen LogP contribution in [0, 0.1) is 12.3 Å². The zero-order valence-electron chi connectivity index (χ0n) is 29.5. The van der Waals surface area contributed by atoms with E-state index < -0.39 is 0 Å². The number of ether oxygens (including phenoxy) is 1. The van der Waals surface area contributed by atoms with Gasteiger partial charge in [0.25, 0.3) is 0 Å². The molecule has 3 heteroatoms. The Balaban J connectivity index is 1.21. The molecule has 0 saturated heterocycles. The van der Waals surface area contributed by atoms with Crippen molar-refractivity contribution in [2.24, 2.45) is 0 Å². The Kier molecular flexibility index (Phi) is 8.68. The van der Waals surface area contributed by atoms with E-state index >= 15 is 0 Å². The smallest absolute Gasteiger partial charge is 0.128 e. The summed E-state index contributed by atoms with van der Waals surface area (Å²) >= 11 is 1.65. The molecule has 7 aromatic rings. The van der Waals surface area contributed by atoms with E-state index in [2.05, 4.69) is 151 Å². The second kappa shape index (κ2) is 13.1. The lowest BCUT2D eigenvalue weighted by molar-refractivity contribution is 0.483. The van der Waals surface area contributed by atoms with Crippen LogP contribution in [0.15, 0.2) is 133 Å². The van der Waals surface area contributed by atoms with Gasteiger partial charge in [0.05, 0.1) is 16.3 Å². The molecule has 2 heterocycles. The number of nitrogens with zero attached hydrogens (tertiary/aromatic N) is 1. The molecule has 5 aromatic carbocycles. The van der Waals surface area contributed by atoms with Gasteiger partial charge in [0.15, 0.2) is 0 Å². The molecule has 0 aliphatic heterocycles. The van der Waals surface area contributed by atoms with Gasteiger partial charge in [-0.15, -0.1) is 17.8 Å². The number of hydrogen-bond acceptors (Lipinski definition) is 3. The zero-order valence-corrected chi connectivity index (χ0v) is 30.4. The quantitative estimate of drug-likeness (QED) is 0.165. The molecule has 246 valence electrons. The molecule has 7 rings (SSSR count). The van der Waals surface area contributed by atoms with E-state index in [-0.39, 0.29) is 10.8 Å². The predicted octanol–water partition coefficient (Wildman–Crippen LogP) is 13.3. The van der Waals surface area contributed by atoms with Crippen LogP contribution in [0.25, 0.3) is 54.9 Å². The van der Waals surface area contributed by atoms with Crippen molar-refractivity contribution in [1.29, 1.82) is 0 Å². The second-order valence-electron chi connectivity index (χ2n) is 14.9. The van der Waals surface area contributed by atoms with Crippen molar-refractivity contribution in [3.05, 3.63) is 149 Å². The van der Waals surface area contributed by atoms with E-state index in [9.17, 15) is 0 Å². The lowest BCUT2D eigenvalue weighted by atomic mass is 9.86. The third-order valence-corrected chi connectivity index (χ3v) is 10.3. The van der Waals surface area contributed by atoms with Gasteiger partial charge in [-0.2, -0.15) is 0 Å². The fourth-order valence-electron chi connectivity index (χ4n) is 6.28. The molecular formula is C47H41NOS. The number of terminal acetylenes is 1. The highest BCUT2D eigenvalue weighted by molar-refractivity contribution is 7.20. The summed E-state index contributed by atoms with van der Waals surface area (Å²) in [6.45, 7) is 13.5. The summed E-state index contributed by atoms with van der Waals surface area (Å²) in [5.41, 5.74) is 11.2. The predicted molar refractivity (Wildman–Crippen MR) is 213 cm³/mol. The number of fused-ring (bicyclic) bond motifs is 1. The summed E-state index contributed by atoms with van der Waals surface area (Å²) < 4.78 is 7.57. The van der Waals surface area contributed by atoms with Gasteiger partial charge in [-0.1, -0.05) is 126 Å². The van der Waals surface area contributed by atoms with E-state index in [4.69, 9.17) is 16.1 Å². The zero-order chi connectivity index (χ0) is 35.0. The van der Waals surface area contributed by atoms with Gasteiger partial charge in [0.2, 0.25) is 0 Å². The first kappa shape index (κ1) is 33.1. The molecule has 0 fully saturated rings. The van der Waals surface area contributed by atoms with Gasteiger partial charge in [-0.05, 0) is 93.2 Å². The van der Waals surface area contributed by atoms with Gasteiger partial charge in [-0.3, -0.25) is 0 Å². The lowest BCUT2D eigenvalue weighted by Gasteiger charge is -2.20. The van der Waals surface area contributed by atoms with Gasteiger partial charge < -0.3 is 4.74 Å². The molecule has 50 heavy (non-hydrogen) atoms. The Morgan fingerprint density at radius 2 is 1.10 bits per heavy atom. The third kappa shape index (κ3) is 6.86. The number of hydrogen-bond donors (Lipinski definition) is 0. The Bertz CT molecular complexity index is 2270. The van der Waals surface area contributed by atoms with Crippen molar-refractivity contribution in [1.82, 2.24) is 4.98 Å². The molecule has 0 aliphatic carbocycles. The maximum absolute atomic E-state index is 6.39. The van der Waals surface area contributed by atoms with E-state index in [0.717, 1.165) is 61.0 Å². The number of pyridine rings is 1. The van der Waals surface area contributed by atoms with Gasteiger partial charge in [0.1, 0.15) is 11.5 Å². The number of aromatic nitrogens is 1. The van der Waals surface area contributed by atoms with Crippen molar-refractivity contribution in [3.8, 4) is 68.6 Å². The third-order valence-electron chi connectivity index (χ3n) is 9.19. The largest absolute Gasteiger partial charge is 0.457 e. The lowest BCUT2D eigenvalue weighted by Crippen LogP contribution is -2.10. The molecule has 0 bridgehead atoms. The monoisotopic (exact) mass is 667 g/mol. The molecule has 2 nitrogen and oxygen atoms in total. The average Bonchev–Trinajstić information content (AvgIpc) is 3.50. The molecule has 2 aromatic heterocycles. The standard InChI is InChI=1S/C47H41NOS/c1-8-43-45(40-14-9-10-15-44(40)50-43)34-12-11-13-39(28-34)49-38-26-20-33(21-27-38)42-30-35(31-16-22-36(23-17-31)46(2,3)4)29-41(48-42)32-18-24-37(25-19-32)47(5,6)7/h1,9-30H,2-7H3. The second-order valence-corrected chi connectivity index (χ2v) is 15.9. The molecular weight excluding hydrogens is 627 g/mol. The van der Waals surface area contributed by atoms with Crippen LogP contribution in [0.1, 0.15) is 57.5 Å². The first-order valence-electron chi connectivity index (χ1n) is 17.1.